The lowest BCUT2D eigenvalue weighted by molar-refractivity contribution is -0.116. The Hall–Kier alpha value is -2.38. The maximum Gasteiger partial charge on any atom is 0.243 e. The number of nitrogens with one attached hydrogen (secondary N) is 1. The molecule has 0 fully saturated rings. The molecule has 2 aromatic carbocycles. The van der Waals surface area contributed by atoms with Crippen molar-refractivity contribution in [2.75, 3.05) is 25.5 Å². The van der Waals surface area contributed by atoms with Crippen molar-refractivity contribution >= 4 is 21.6 Å². The van der Waals surface area contributed by atoms with E-state index in [9.17, 15) is 13.2 Å². The van der Waals surface area contributed by atoms with Crippen LogP contribution >= 0.6 is 0 Å². The second-order valence-corrected chi connectivity index (χ2v) is 8.56. The predicted octanol–water partition coefficient (Wildman–Crippen LogP) is 3.69. The van der Waals surface area contributed by atoms with Crippen molar-refractivity contribution in [3.05, 3.63) is 54.1 Å². The molecule has 0 heterocycles. The van der Waals surface area contributed by atoms with E-state index in [0.29, 0.717) is 18.0 Å². The second-order valence-electron chi connectivity index (χ2n) is 6.51. The van der Waals surface area contributed by atoms with Gasteiger partial charge in [0.1, 0.15) is 5.75 Å². The molecule has 28 heavy (non-hydrogen) atoms. The predicted molar refractivity (Wildman–Crippen MR) is 111 cm³/mol. The van der Waals surface area contributed by atoms with Crippen molar-refractivity contribution in [2.45, 2.75) is 38.0 Å². The van der Waals surface area contributed by atoms with Gasteiger partial charge in [-0.15, -0.1) is 0 Å². The summed E-state index contributed by atoms with van der Waals surface area (Å²) in [5, 5.41) is 2.74. The average Bonchev–Trinajstić information content (AvgIpc) is 2.68. The minimum atomic E-state index is -3.76. The molecule has 7 heteroatoms. The maximum absolute atomic E-state index is 12.6. The number of benzene rings is 2. The fraction of sp³-hybridized carbons (Fsp3) is 0.381. The van der Waals surface area contributed by atoms with Crippen LogP contribution in [0, 0.1) is 0 Å². The average molecular weight is 405 g/mol. The van der Waals surface area contributed by atoms with Gasteiger partial charge in [0.15, 0.2) is 0 Å². The summed E-state index contributed by atoms with van der Waals surface area (Å²) in [5.74, 6) is 0.211. The van der Waals surface area contributed by atoms with Crippen LogP contribution in [0.5, 0.6) is 5.75 Å². The molecule has 2 rings (SSSR count). The highest BCUT2D eigenvalue weighted by molar-refractivity contribution is 7.89. The third kappa shape index (κ3) is 6.07. The number of likely N-dealkylation sites (N-methyl/N-ethyl adjacent to an activating group) is 1. The van der Waals surface area contributed by atoms with Gasteiger partial charge < -0.3 is 10.1 Å². The van der Waals surface area contributed by atoms with E-state index >= 15 is 0 Å². The lowest BCUT2D eigenvalue weighted by Gasteiger charge is -2.17. The third-order valence-corrected chi connectivity index (χ3v) is 6.08. The zero-order chi connectivity index (χ0) is 20.6. The van der Waals surface area contributed by atoms with E-state index in [1.807, 2.05) is 31.2 Å². The van der Waals surface area contributed by atoms with Crippen molar-refractivity contribution in [3.8, 4) is 5.75 Å². The van der Waals surface area contributed by atoms with Crippen LogP contribution in [-0.2, 0) is 21.2 Å². The summed E-state index contributed by atoms with van der Waals surface area (Å²) < 4.78 is 31.6. The Morgan fingerprint density at radius 1 is 1.04 bits per heavy atom. The van der Waals surface area contributed by atoms with Gasteiger partial charge in [-0.3, -0.25) is 4.79 Å². The molecule has 2 aromatic rings. The molecule has 0 unspecified atom stereocenters. The Morgan fingerprint density at radius 2 is 1.68 bits per heavy atom. The number of carbonyl (C=O) groups is 1. The first-order valence-electron chi connectivity index (χ1n) is 9.44. The summed E-state index contributed by atoms with van der Waals surface area (Å²) in [6, 6.07) is 13.8. The lowest BCUT2D eigenvalue weighted by Crippen LogP contribution is -2.34. The molecule has 0 saturated carbocycles. The smallest absolute Gasteiger partial charge is 0.243 e. The molecule has 0 aliphatic heterocycles. The molecule has 0 atom stereocenters. The maximum atomic E-state index is 12.6. The summed E-state index contributed by atoms with van der Waals surface area (Å²) in [6.45, 7) is 4.24. The molecule has 0 aliphatic carbocycles. The molecule has 1 amide bonds. The van der Waals surface area contributed by atoms with Crippen molar-refractivity contribution in [2.24, 2.45) is 0 Å². The number of aryl methyl sites for hydroxylation is 1. The van der Waals surface area contributed by atoms with Crippen LogP contribution in [0.2, 0.25) is 0 Å². The van der Waals surface area contributed by atoms with Crippen LogP contribution in [0.4, 0.5) is 5.69 Å². The summed E-state index contributed by atoms with van der Waals surface area (Å²) in [7, 11) is -2.37. The first kappa shape index (κ1) is 21.9. The van der Waals surface area contributed by atoms with Gasteiger partial charge in [-0.2, -0.15) is 4.31 Å². The topological polar surface area (TPSA) is 75.7 Å². The van der Waals surface area contributed by atoms with E-state index < -0.39 is 15.9 Å². The molecule has 1 N–H and O–H groups in total. The summed E-state index contributed by atoms with van der Waals surface area (Å²) in [4.78, 5) is 12.4. The van der Waals surface area contributed by atoms with E-state index in [0.717, 1.165) is 23.6 Å². The minimum absolute atomic E-state index is 0.117. The highest BCUT2D eigenvalue weighted by Crippen LogP contribution is 2.19. The normalized spacial score (nSPS) is 11.4. The molecule has 0 radical (unpaired) electrons. The van der Waals surface area contributed by atoms with Crippen LogP contribution in [0.15, 0.2) is 53.4 Å². The van der Waals surface area contributed by atoms with Gasteiger partial charge in [0, 0.05) is 12.7 Å². The standard InChI is InChI=1S/C21H28N2O4S/c1-4-6-7-17-8-10-18(11-9-17)22-21(24)16-23(3)28(25,26)20-14-12-19(13-15-20)27-5-2/h8-15H,4-7,16H2,1-3H3,(H,22,24). The van der Waals surface area contributed by atoms with E-state index in [-0.39, 0.29) is 11.4 Å². The van der Waals surface area contributed by atoms with Crippen LogP contribution in [0.1, 0.15) is 32.3 Å². The molecule has 0 aliphatic rings. The summed E-state index contributed by atoms with van der Waals surface area (Å²) in [6.07, 6.45) is 3.27. The van der Waals surface area contributed by atoms with Crippen LogP contribution in [0.3, 0.4) is 0 Å². The van der Waals surface area contributed by atoms with Crippen molar-refractivity contribution in [1.82, 2.24) is 4.31 Å². The van der Waals surface area contributed by atoms with Gasteiger partial charge in [-0.25, -0.2) is 8.42 Å². The van der Waals surface area contributed by atoms with E-state index in [2.05, 4.69) is 12.2 Å². The van der Waals surface area contributed by atoms with Gasteiger partial charge >= 0.3 is 0 Å². The fourth-order valence-electron chi connectivity index (χ4n) is 2.68. The summed E-state index contributed by atoms with van der Waals surface area (Å²) in [5.41, 5.74) is 1.87. The highest BCUT2D eigenvalue weighted by atomic mass is 32.2. The molecule has 0 saturated heterocycles. The Labute approximate surface area is 167 Å². The fourth-order valence-corrected chi connectivity index (χ4v) is 3.80. The first-order chi connectivity index (χ1) is 13.4. The monoisotopic (exact) mass is 404 g/mol. The quantitative estimate of drug-likeness (QED) is 0.655. The number of unbranched alkanes of at least 4 members (excludes halogenated alkanes) is 1. The minimum Gasteiger partial charge on any atom is -0.494 e. The largest absolute Gasteiger partial charge is 0.494 e. The second kappa shape index (κ2) is 10.2. The number of sulfonamides is 1. The Balaban J connectivity index is 1.96. The number of carbonyl (C=O) groups excluding carboxylic acids is 1. The van der Waals surface area contributed by atoms with E-state index in [1.165, 1.54) is 24.7 Å². The number of amides is 1. The first-order valence-corrected chi connectivity index (χ1v) is 10.9. The number of nitrogens with zero attached hydrogens (tertiary/aromatic N) is 1. The number of rotatable bonds is 10. The van der Waals surface area contributed by atoms with Gasteiger partial charge in [-0.1, -0.05) is 25.5 Å². The number of hydrogen-bond donors (Lipinski definition) is 1. The van der Waals surface area contributed by atoms with Gasteiger partial charge in [-0.05, 0) is 61.7 Å². The molecule has 0 spiro atoms. The highest BCUT2D eigenvalue weighted by Gasteiger charge is 2.23. The Bertz CT molecular complexity index is 862. The molecule has 0 aromatic heterocycles. The zero-order valence-electron chi connectivity index (χ0n) is 16.6. The van der Waals surface area contributed by atoms with Crippen molar-refractivity contribution in [1.29, 1.82) is 0 Å². The van der Waals surface area contributed by atoms with Crippen LogP contribution < -0.4 is 10.1 Å². The zero-order valence-corrected chi connectivity index (χ0v) is 17.5. The van der Waals surface area contributed by atoms with Gasteiger partial charge in [0.25, 0.3) is 0 Å². The molecule has 0 bridgehead atoms. The Kier molecular flexibility index (Phi) is 8.02. The molecule has 152 valence electrons. The SMILES string of the molecule is CCCCc1ccc(NC(=O)CN(C)S(=O)(=O)c2ccc(OCC)cc2)cc1. The van der Waals surface area contributed by atoms with Gasteiger partial charge in [0.2, 0.25) is 15.9 Å². The van der Waals surface area contributed by atoms with Crippen molar-refractivity contribution < 1.29 is 17.9 Å². The molecular weight excluding hydrogens is 376 g/mol. The third-order valence-electron chi connectivity index (χ3n) is 4.27. The van der Waals surface area contributed by atoms with Crippen molar-refractivity contribution in [3.63, 3.8) is 0 Å². The number of ether oxygens (including phenoxy) is 1. The van der Waals surface area contributed by atoms with Crippen LogP contribution in [-0.4, -0.2) is 38.8 Å². The van der Waals surface area contributed by atoms with E-state index in [4.69, 9.17) is 4.74 Å². The molecule has 6 nitrogen and oxygen atoms in total. The molecular formula is C21H28N2O4S. The van der Waals surface area contributed by atoms with E-state index in [1.54, 1.807) is 12.1 Å². The number of anilines is 1. The lowest BCUT2D eigenvalue weighted by atomic mass is 10.1. The van der Waals surface area contributed by atoms with Gasteiger partial charge in [0.05, 0.1) is 18.0 Å². The number of hydrogen-bond acceptors (Lipinski definition) is 4. The Morgan fingerprint density at radius 3 is 2.25 bits per heavy atom. The summed E-state index contributed by atoms with van der Waals surface area (Å²) >= 11 is 0. The van der Waals surface area contributed by atoms with Crippen LogP contribution in [0.25, 0.3) is 0 Å².